The molecule has 3 rings (SSSR count). The van der Waals surface area contributed by atoms with E-state index in [1.807, 2.05) is 0 Å². The molecule has 0 spiro atoms. The second-order valence-corrected chi connectivity index (χ2v) is 8.21. The summed E-state index contributed by atoms with van der Waals surface area (Å²) in [4.78, 5) is 17.4. The molecular formula is C26H22F7N3O3. The second kappa shape index (κ2) is 12.2. The summed E-state index contributed by atoms with van der Waals surface area (Å²) in [5.74, 6) is 3.65. The molecule has 39 heavy (non-hydrogen) atoms. The number of amides is 1. The zero-order valence-corrected chi connectivity index (χ0v) is 20.4. The number of aliphatic imine (C=N–C) groups is 1. The average Bonchev–Trinajstić information content (AvgIpc) is 3.39. The van der Waals surface area contributed by atoms with Gasteiger partial charge in [-0.2, -0.15) is 26.3 Å². The van der Waals surface area contributed by atoms with Crippen LogP contribution in [0.1, 0.15) is 29.5 Å². The molecule has 0 radical (unpaired) electrons. The molecule has 1 unspecified atom stereocenters. The van der Waals surface area contributed by atoms with Gasteiger partial charge in [-0.05, 0) is 49.2 Å². The molecule has 2 N–H and O–H groups in total. The molecule has 1 atom stereocenters. The Morgan fingerprint density at radius 3 is 2.44 bits per heavy atom. The lowest BCUT2D eigenvalue weighted by molar-refractivity contribution is -0.143. The number of benzene rings is 2. The van der Waals surface area contributed by atoms with Crippen LogP contribution in [0.2, 0.25) is 0 Å². The van der Waals surface area contributed by atoms with Gasteiger partial charge in [-0.3, -0.25) is 9.89 Å². The number of nitrogens with two attached hydrogens (primary N) is 1. The van der Waals surface area contributed by atoms with Crippen LogP contribution in [0.5, 0.6) is 5.75 Å². The van der Waals surface area contributed by atoms with Crippen LogP contribution in [0.15, 0.2) is 47.6 Å². The first-order chi connectivity index (χ1) is 18.3. The summed E-state index contributed by atoms with van der Waals surface area (Å²) in [7, 11) is 1.13. The normalized spacial score (nSPS) is 16.2. The number of hydrogen-bond donors (Lipinski definition) is 1. The van der Waals surface area contributed by atoms with Crippen LogP contribution in [0, 0.1) is 17.7 Å². The molecule has 0 aliphatic carbocycles. The van der Waals surface area contributed by atoms with Crippen molar-refractivity contribution in [3.05, 3.63) is 65.1 Å². The Labute approximate surface area is 218 Å². The third-order valence-electron chi connectivity index (χ3n) is 5.48. The van der Waals surface area contributed by atoms with Gasteiger partial charge in [0.05, 0.1) is 17.7 Å². The van der Waals surface area contributed by atoms with Gasteiger partial charge in [0.2, 0.25) is 0 Å². The minimum Gasteiger partial charge on any atom is -0.409 e. The van der Waals surface area contributed by atoms with Crippen molar-refractivity contribution in [3.8, 4) is 17.6 Å². The number of hydrogen-bond acceptors (Lipinski definition) is 5. The molecule has 2 aromatic carbocycles. The fraction of sp³-hybridized carbons (Fsp3) is 0.308. The van der Waals surface area contributed by atoms with Gasteiger partial charge in [0.1, 0.15) is 11.9 Å². The van der Waals surface area contributed by atoms with Crippen molar-refractivity contribution >= 4 is 23.6 Å². The number of nitrogens with zero attached hydrogens (tertiary/aromatic N) is 2. The maximum Gasteiger partial charge on any atom is 0.420 e. The zero-order chi connectivity index (χ0) is 28.8. The van der Waals surface area contributed by atoms with E-state index in [0.29, 0.717) is 12.7 Å². The Morgan fingerprint density at radius 1 is 1.18 bits per heavy atom. The SMILES string of the molecule is CN(C(=O)Oc1c(/C(C=NCC#CC2CCCO2)=C/N)cc(C(F)(F)F)cc1C(F)(F)F)c1ccc(F)cc1. The largest absolute Gasteiger partial charge is 0.420 e. The summed E-state index contributed by atoms with van der Waals surface area (Å²) in [6, 6.07) is 4.52. The van der Waals surface area contributed by atoms with E-state index in [2.05, 4.69) is 16.8 Å². The highest BCUT2D eigenvalue weighted by Crippen LogP contribution is 2.44. The summed E-state index contributed by atoms with van der Waals surface area (Å²) in [5, 5.41) is 0. The number of allylic oxidation sites excluding steroid dienone is 1. The highest BCUT2D eigenvalue weighted by atomic mass is 19.4. The molecule has 1 saturated heterocycles. The number of carbonyl (C=O) groups excluding carboxylic acids is 1. The number of carbonyl (C=O) groups is 1. The van der Waals surface area contributed by atoms with Crippen LogP contribution < -0.4 is 15.4 Å². The third kappa shape index (κ3) is 7.73. The predicted octanol–water partition coefficient (Wildman–Crippen LogP) is 6.05. The summed E-state index contributed by atoms with van der Waals surface area (Å²) < 4.78 is 106. The van der Waals surface area contributed by atoms with Crippen molar-refractivity contribution in [2.45, 2.75) is 31.3 Å². The van der Waals surface area contributed by atoms with Crippen LogP contribution in [0.3, 0.4) is 0 Å². The number of alkyl halides is 6. The second-order valence-electron chi connectivity index (χ2n) is 8.21. The van der Waals surface area contributed by atoms with E-state index in [1.165, 1.54) is 0 Å². The van der Waals surface area contributed by atoms with Crippen LogP contribution >= 0.6 is 0 Å². The van der Waals surface area contributed by atoms with Crippen molar-refractivity contribution in [1.29, 1.82) is 0 Å². The van der Waals surface area contributed by atoms with Crippen molar-refractivity contribution in [2.24, 2.45) is 10.7 Å². The summed E-state index contributed by atoms with van der Waals surface area (Å²) >= 11 is 0. The highest BCUT2D eigenvalue weighted by molar-refractivity contribution is 6.11. The molecular weight excluding hydrogens is 535 g/mol. The Kier molecular flexibility index (Phi) is 9.24. The molecule has 0 bridgehead atoms. The first kappa shape index (κ1) is 29.5. The van der Waals surface area contributed by atoms with Gasteiger partial charge in [0.15, 0.2) is 5.75 Å². The quantitative estimate of drug-likeness (QED) is 0.276. The number of halogens is 7. The lowest BCUT2D eigenvalue weighted by atomic mass is 9.98. The van der Waals surface area contributed by atoms with Gasteiger partial charge in [-0.15, -0.1) is 0 Å². The topological polar surface area (TPSA) is 77.2 Å². The Balaban J connectivity index is 2.04. The molecule has 6 nitrogen and oxygen atoms in total. The van der Waals surface area contributed by atoms with E-state index in [9.17, 15) is 35.5 Å². The molecule has 13 heteroatoms. The summed E-state index contributed by atoms with van der Waals surface area (Å²) in [6.07, 6.45) is -8.95. The van der Waals surface area contributed by atoms with Gasteiger partial charge < -0.3 is 15.2 Å². The van der Waals surface area contributed by atoms with Crippen LogP contribution in [-0.2, 0) is 17.1 Å². The fourth-order valence-corrected chi connectivity index (χ4v) is 3.50. The minimum atomic E-state index is -5.36. The smallest absolute Gasteiger partial charge is 0.409 e. The van der Waals surface area contributed by atoms with Gasteiger partial charge in [-0.25, -0.2) is 9.18 Å². The van der Waals surface area contributed by atoms with Crippen LogP contribution in [0.25, 0.3) is 5.57 Å². The number of anilines is 1. The number of rotatable bonds is 5. The monoisotopic (exact) mass is 557 g/mol. The number of ether oxygens (including phenoxy) is 2. The molecule has 1 fully saturated rings. The van der Waals surface area contributed by atoms with E-state index >= 15 is 0 Å². The fourth-order valence-electron chi connectivity index (χ4n) is 3.50. The maximum atomic E-state index is 14.0. The molecule has 2 aromatic rings. The molecule has 1 aliphatic heterocycles. The van der Waals surface area contributed by atoms with Gasteiger partial charge in [-0.1, -0.05) is 11.8 Å². The third-order valence-corrected chi connectivity index (χ3v) is 5.48. The van der Waals surface area contributed by atoms with Gasteiger partial charge in [0, 0.05) is 42.9 Å². The molecule has 1 aliphatic rings. The van der Waals surface area contributed by atoms with Crippen LogP contribution in [0.4, 0.5) is 41.2 Å². The van der Waals surface area contributed by atoms with E-state index in [4.69, 9.17) is 15.2 Å². The zero-order valence-electron chi connectivity index (χ0n) is 20.4. The van der Waals surface area contributed by atoms with E-state index in [-0.39, 0.29) is 24.4 Å². The summed E-state index contributed by atoms with van der Waals surface area (Å²) in [5.41, 5.74) is 0.905. The molecule has 1 amide bonds. The predicted molar refractivity (Wildman–Crippen MR) is 130 cm³/mol. The lowest BCUT2D eigenvalue weighted by Gasteiger charge is -2.22. The minimum absolute atomic E-state index is 0.0457. The van der Waals surface area contributed by atoms with Crippen molar-refractivity contribution in [3.63, 3.8) is 0 Å². The first-order valence-electron chi connectivity index (χ1n) is 11.4. The highest BCUT2D eigenvalue weighted by Gasteiger charge is 2.41. The standard InChI is InChI=1S/C26H22F7N3O3/c1-36(19-8-6-18(27)7-9-19)24(37)39-23-21(12-17(25(28,29)30)13-22(23)26(31,32)33)16(14-34)15-35-10-2-4-20-5-3-11-38-20/h6-9,12-15,20H,3,5,10-11,34H2,1H3/b16-14+,35-15?. The molecule has 1 heterocycles. The summed E-state index contributed by atoms with van der Waals surface area (Å²) in [6.45, 7) is 0.419. The Bertz CT molecular complexity index is 1300. The van der Waals surface area contributed by atoms with E-state index in [1.54, 1.807) is 0 Å². The van der Waals surface area contributed by atoms with Crippen molar-refractivity contribution in [2.75, 3.05) is 25.1 Å². The molecule has 208 valence electrons. The van der Waals surface area contributed by atoms with Gasteiger partial charge >= 0.3 is 18.4 Å². The lowest BCUT2D eigenvalue weighted by Crippen LogP contribution is -2.30. The average molecular weight is 557 g/mol. The van der Waals surface area contributed by atoms with E-state index < -0.39 is 52.3 Å². The van der Waals surface area contributed by atoms with E-state index in [0.717, 1.165) is 61.5 Å². The Morgan fingerprint density at radius 2 is 1.87 bits per heavy atom. The van der Waals surface area contributed by atoms with Crippen LogP contribution in [-0.4, -0.2) is 38.6 Å². The Hall–Kier alpha value is -4.05. The van der Waals surface area contributed by atoms with Gasteiger partial charge in [0.25, 0.3) is 0 Å². The van der Waals surface area contributed by atoms with Crippen molar-refractivity contribution in [1.82, 2.24) is 0 Å². The maximum absolute atomic E-state index is 14.0. The first-order valence-corrected chi connectivity index (χ1v) is 11.4. The molecule has 0 saturated carbocycles. The van der Waals surface area contributed by atoms with Crippen molar-refractivity contribution < 1.29 is 45.0 Å². The molecule has 0 aromatic heterocycles.